The second-order valence-corrected chi connectivity index (χ2v) is 7.23. The van der Waals surface area contributed by atoms with E-state index in [1.807, 2.05) is 30.3 Å². The Bertz CT molecular complexity index is 767. The van der Waals surface area contributed by atoms with Gasteiger partial charge < -0.3 is 5.32 Å². The SMILES string of the molecule is CC(CNC(=O)CCC(=O)c1ccc2c(c1)CCCC2)c1ccccc1. The van der Waals surface area contributed by atoms with E-state index in [1.54, 1.807) is 0 Å². The highest BCUT2D eigenvalue weighted by Crippen LogP contribution is 2.23. The van der Waals surface area contributed by atoms with Gasteiger partial charge in [-0.3, -0.25) is 9.59 Å². The second-order valence-electron chi connectivity index (χ2n) is 7.23. The van der Waals surface area contributed by atoms with Gasteiger partial charge in [-0.1, -0.05) is 49.4 Å². The smallest absolute Gasteiger partial charge is 0.220 e. The van der Waals surface area contributed by atoms with Crippen molar-refractivity contribution in [2.45, 2.75) is 51.4 Å². The number of rotatable bonds is 7. The van der Waals surface area contributed by atoms with Crippen LogP contribution in [0.25, 0.3) is 0 Å². The summed E-state index contributed by atoms with van der Waals surface area (Å²) in [6.45, 7) is 2.68. The summed E-state index contributed by atoms with van der Waals surface area (Å²) in [6, 6.07) is 16.2. The van der Waals surface area contributed by atoms with Crippen molar-refractivity contribution in [3.05, 3.63) is 70.8 Å². The molecule has 0 saturated heterocycles. The zero-order valence-corrected chi connectivity index (χ0v) is 15.5. The van der Waals surface area contributed by atoms with Crippen LogP contribution in [-0.2, 0) is 17.6 Å². The minimum atomic E-state index is -0.0564. The van der Waals surface area contributed by atoms with E-state index in [1.165, 1.54) is 29.5 Å². The van der Waals surface area contributed by atoms with Crippen molar-refractivity contribution < 1.29 is 9.59 Å². The van der Waals surface area contributed by atoms with Gasteiger partial charge in [0, 0.05) is 24.9 Å². The summed E-state index contributed by atoms with van der Waals surface area (Å²) in [5.41, 5.74) is 4.64. The van der Waals surface area contributed by atoms with E-state index in [9.17, 15) is 9.59 Å². The van der Waals surface area contributed by atoms with E-state index in [0.717, 1.165) is 18.4 Å². The predicted octanol–water partition coefficient (Wildman–Crippen LogP) is 4.45. The molecule has 0 aromatic heterocycles. The van der Waals surface area contributed by atoms with Crippen molar-refractivity contribution >= 4 is 11.7 Å². The van der Waals surface area contributed by atoms with Crippen LogP contribution >= 0.6 is 0 Å². The third-order valence-electron chi connectivity index (χ3n) is 5.22. The molecule has 136 valence electrons. The second kappa shape index (κ2) is 8.79. The Morgan fingerprint density at radius 1 is 0.962 bits per heavy atom. The van der Waals surface area contributed by atoms with E-state index >= 15 is 0 Å². The van der Waals surface area contributed by atoms with Gasteiger partial charge in [0.15, 0.2) is 5.78 Å². The van der Waals surface area contributed by atoms with Gasteiger partial charge in [-0.05, 0) is 54.4 Å². The zero-order chi connectivity index (χ0) is 18.4. The molecule has 26 heavy (non-hydrogen) atoms. The topological polar surface area (TPSA) is 46.2 Å². The molecule has 0 bridgehead atoms. The Kier molecular flexibility index (Phi) is 6.21. The maximum absolute atomic E-state index is 12.4. The Balaban J connectivity index is 1.46. The van der Waals surface area contributed by atoms with Gasteiger partial charge in [-0.15, -0.1) is 0 Å². The number of aryl methyl sites for hydroxylation is 2. The zero-order valence-electron chi connectivity index (χ0n) is 15.5. The Morgan fingerprint density at radius 3 is 2.46 bits per heavy atom. The fraction of sp³-hybridized carbons (Fsp3) is 0.391. The quantitative estimate of drug-likeness (QED) is 0.751. The molecule has 1 atom stereocenters. The molecule has 2 aromatic carbocycles. The van der Waals surface area contributed by atoms with E-state index in [2.05, 4.69) is 30.4 Å². The summed E-state index contributed by atoms with van der Waals surface area (Å²) in [5.74, 6) is 0.264. The lowest BCUT2D eigenvalue weighted by atomic mass is 9.89. The van der Waals surface area contributed by atoms with Gasteiger partial charge in [-0.2, -0.15) is 0 Å². The van der Waals surface area contributed by atoms with Crippen LogP contribution in [0.15, 0.2) is 48.5 Å². The van der Waals surface area contributed by atoms with E-state index in [0.29, 0.717) is 6.54 Å². The first kappa shape index (κ1) is 18.4. The molecule has 1 aliphatic carbocycles. The lowest BCUT2D eigenvalue weighted by Crippen LogP contribution is -2.27. The van der Waals surface area contributed by atoms with Crippen LogP contribution in [0.1, 0.15) is 65.6 Å². The third-order valence-corrected chi connectivity index (χ3v) is 5.22. The molecule has 1 unspecified atom stereocenters. The number of ketones is 1. The fourth-order valence-electron chi connectivity index (χ4n) is 3.53. The summed E-state index contributed by atoms with van der Waals surface area (Å²) in [5, 5.41) is 2.95. The minimum Gasteiger partial charge on any atom is -0.355 e. The molecule has 3 rings (SSSR count). The van der Waals surface area contributed by atoms with Crippen LogP contribution in [0.3, 0.4) is 0 Å². The largest absolute Gasteiger partial charge is 0.355 e. The van der Waals surface area contributed by atoms with E-state index in [-0.39, 0.29) is 30.4 Å². The first-order chi connectivity index (χ1) is 12.6. The molecule has 1 aliphatic rings. The van der Waals surface area contributed by atoms with Gasteiger partial charge in [0.05, 0.1) is 0 Å². The van der Waals surface area contributed by atoms with Gasteiger partial charge in [0.25, 0.3) is 0 Å². The summed E-state index contributed by atoms with van der Waals surface area (Å²) in [6.07, 6.45) is 5.14. The first-order valence-electron chi connectivity index (χ1n) is 9.60. The highest BCUT2D eigenvalue weighted by molar-refractivity contribution is 5.98. The number of benzene rings is 2. The van der Waals surface area contributed by atoms with Crippen molar-refractivity contribution in [3.8, 4) is 0 Å². The normalized spacial score (nSPS) is 14.3. The van der Waals surface area contributed by atoms with Crippen LogP contribution in [0.2, 0.25) is 0 Å². The maximum atomic E-state index is 12.4. The molecule has 2 aromatic rings. The number of carbonyl (C=O) groups is 2. The molecular weight excluding hydrogens is 322 g/mol. The molecule has 3 heteroatoms. The van der Waals surface area contributed by atoms with Crippen molar-refractivity contribution in [2.24, 2.45) is 0 Å². The number of hydrogen-bond donors (Lipinski definition) is 1. The first-order valence-corrected chi connectivity index (χ1v) is 9.60. The van der Waals surface area contributed by atoms with Gasteiger partial charge in [0.2, 0.25) is 5.91 Å². The number of hydrogen-bond acceptors (Lipinski definition) is 2. The molecule has 1 amide bonds. The van der Waals surface area contributed by atoms with Crippen molar-refractivity contribution in [1.29, 1.82) is 0 Å². The minimum absolute atomic E-state index is 0.0564. The summed E-state index contributed by atoms with van der Waals surface area (Å²) >= 11 is 0. The van der Waals surface area contributed by atoms with E-state index in [4.69, 9.17) is 0 Å². The molecule has 0 spiro atoms. The standard InChI is InChI=1S/C23H27NO2/c1-17(18-7-3-2-4-8-18)16-24-23(26)14-13-22(25)21-12-11-19-9-5-6-10-20(19)15-21/h2-4,7-8,11-12,15,17H,5-6,9-10,13-14,16H2,1H3,(H,24,26). The summed E-state index contributed by atoms with van der Waals surface area (Å²) in [4.78, 5) is 24.5. The Hall–Kier alpha value is -2.42. The van der Waals surface area contributed by atoms with Crippen LogP contribution in [-0.4, -0.2) is 18.2 Å². The average molecular weight is 349 g/mol. The molecule has 0 aliphatic heterocycles. The van der Waals surface area contributed by atoms with Crippen LogP contribution < -0.4 is 5.32 Å². The van der Waals surface area contributed by atoms with E-state index < -0.39 is 0 Å². The van der Waals surface area contributed by atoms with Crippen LogP contribution in [0.4, 0.5) is 0 Å². The van der Waals surface area contributed by atoms with Crippen molar-refractivity contribution in [2.75, 3.05) is 6.54 Å². The highest BCUT2D eigenvalue weighted by atomic mass is 16.2. The van der Waals surface area contributed by atoms with Gasteiger partial charge >= 0.3 is 0 Å². The van der Waals surface area contributed by atoms with Crippen LogP contribution in [0, 0.1) is 0 Å². The average Bonchev–Trinajstić information content (AvgIpc) is 2.70. The monoisotopic (exact) mass is 349 g/mol. The van der Waals surface area contributed by atoms with Gasteiger partial charge in [0.1, 0.15) is 0 Å². The summed E-state index contributed by atoms with van der Waals surface area (Å²) < 4.78 is 0. The van der Waals surface area contributed by atoms with Crippen molar-refractivity contribution in [1.82, 2.24) is 5.32 Å². The number of amides is 1. The molecule has 0 saturated carbocycles. The lowest BCUT2D eigenvalue weighted by Gasteiger charge is -2.16. The summed E-state index contributed by atoms with van der Waals surface area (Å²) in [7, 11) is 0. The van der Waals surface area contributed by atoms with Gasteiger partial charge in [-0.25, -0.2) is 0 Å². The molecule has 3 nitrogen and oxygen atoms in total. The fourth-order valence-corrected chi connectivity index (χ4v) is 3.53. The maximum Gasteiger partial charge on any atom is 0.220 e. The number of carbonyl (C=O) groups excluding carboxylic acids is 2. The molecule has 0 fully saturated rings. The molecule has 0 radical (unpaired) electrons. The molecule has 1 N–H and O–H groups in total. The molecule has 0 heterocycles. The van der Waals surface area contributed by atoms with Crippen molar-refractivity contribution in [3.63, 3.8) is 0 Å². The Morgan fingerprint density at radius 2 is 1.69 bits per heavy atom. The number of nitrogens with one attached hydrogen (secondary N) is 1. The van der Waals surface area contributed by atoms with Crippen LogP contribution in [0.5, 0.6) is 0 Å². The number of fused-ring (bicyclic) bond motifs is 1. The highest BCUT2D eigenvalue weighted by Gasteiger charge is 2.14. The Labute approximate surface area is 155 Å². The lowest BCUT2D eigenvalue weighted by molar-refractivity contribution is -0.121. The molecular formula is C23H27NO2. The third kappa shape index (κ3) is 4.81. The predicted molar refractivity (Wildman–Crippen MR) is 105 cm³/mol. The number of Topliss-reactive ketones (excluding diaryl/α,β-unsaturated/α-hetero) is 1.